The lowest BCUT2D eigenvalue weighted by Gasteiger charge is -2.25. The normalized spacial score (nSPS) is 13.6. The van der Waals surface area contributed by atoms with E-state index in [2.05, 4.69) is 4.98 Å². The lowest BCUT2D eigenvalue weighted by atomic mass is 10.0. The number of aromatic amines is 1. The van der Waals surface area contributed by atoms with Crippen LogP contribution in [-0.2, 0) is 16.0 Å². The molecule has 0 bridgehead atoms. The van der Waals surface area contributed by atoms with Crippen molar-refractivity contribution in [2.75, 3.05) is 12.0 Å². The van der Waals surface area contributed by atoms with E-state index in [1.807, 2.05) is 30.5 Å². The van der Waals surface area contributed by atoms with Crippen molar-refractivity contribution in [2.24, 2.45) is 5.73 Å². The monoisotopic (exact) mass is 461 g/mol. The number of aromatic nitrogens is 1. The first-order valence-electron chi connectivity index (χ1n) is 7.47. The summed E-state index contributed by atoms with van der Waals surface area (Å²) in [5, 5.41) is 10.5. The largest absolute Gasteiger partial charge is 0.480 e. The van der Waals surface area contributed by atoms with E-state index < -0.39 is 18.1 Å². The molecule has 0 aliphatic heterocycles. The lowest BCUT2D eigenvalue weighted by molar-refractivity contribution is -0.145. The zero-order valence-electron chi connectivity index (χ0n) is 13.2. The number of aliphatic carboxylic acids is 1. The van der Waals surface area contributed by atoms with Crippen LogP contribution in [0.15, 0.2) is 30.5 Å². The highest BCUT2D eigenvalue weighted by Gasteiger charge is 2.31. The number of fused-ring (bicyclic) bond motifs is 1. The number of hydrogen-bond acceptors (Lipinski definition) is 4. The molecule has 2 aromatic rings. The van der Waals surface area contributed by atoms with E-state index in [-0.39, 0.29) is 12.3 Å². The van der Waals surface area contributed by atoms with Crippen molar-refractivity contribution in [1.29, 1.82) is 0 Å². The first-order chi connectivity index (χ1) is 11.5. The molecule has 0 saturated heterocycles. The molecule has 1 heterocycles. The molecule has 0 fully saturated rings. The number of halogens is 1. The van der Waals surface area contributed by atoms with Crippen molar-refractivity contribution < 1.29 is 14.7 Å². The highest BCUT2D eigenvalue weighted by molar-refractivity contribution is 14.1. The number of nitrogens with one attached hydrogen (secondary N) is 1. The minimum atomic E-state index is -1.04. The van der Waals surface area contributed by atoms with Gasteiger partial charge in [-0.15, -0.1) is 0 Å². The first-order valence-corrected chi connectivity index (χ1v) is 9.82. The van der Waals surface area contributed by atoms with Gasteiger partial charge in [0.2, 0.25) is 5.91 Å². The number of para-hydroxylation sites is 1. The first kappa shape index (κ1) is 19.1. The molecule has 24 heavy (non-hydrogen) atoms. The fourth-order valence-electron chi connectivity index (χ4n) is 2.45. The molecule has 0 aliphatic rings. The molecular formula is C16H20IN3O3S. The van der Waals surface area contributed by atoms with Gasteiger partial charge >= 0.3 is 5.97 Å². The molecule has 0 saturated carbocycles. The van der Waals surface area contributed by atoms with Crippen molar-refractivity contribution in [3.8, 4) is 0 Å². The number of benzene rings is 1. The average Bonchev–Trinajstić information content (AvgIpc) is 2.99. The molecule has 1 aromatic carbocycles. The topological polar surface area (TPSA) is 99.4 Å². The van der Waals surface area contributed by atoms with Gasteiger partial charge in [0.25, 0.3) is 0 Å². The van der Waals surface area contributed by atoms with E-state index in [0.29, 0.717) is 6.42 Å². The predicted molar refractivity (Wildman–Crippen MR) is 105 cm³/mol. The molecule has 0 unspecified atom stereocenters. The van der Waals surface area contributed by atoms with Crippen LogP contribution in [0.5, 0.6) is 0 Å². The van der Waals surface area contributed by atoms with E-state index in [9.17, 15) is 14.7 Å². The number of H-pyrrole nitrogens is 1. The number of thioether (sulfide) groups is 1. The van der Waals surface area contributed by atoms with Crippen LogP contribution in [0, 0.1) is 0 Å². The summed E-state index contributed by atoms with van der Waals surface area (Å²) in [7, 11) is 0. The predicted octanol–water partition coefficient (Wildman–Crippen LogP) is 2.42. The Morgan fingerprint density at radius 2 is 2.12 bits per heavy atom. The maximum atomic E-state index is 12.4. The van der Waals surface area contributed by atoms with Crippen molar-refractivity contribution in [2.45, 2.75) is 24.9 Å². The van der Waals surface area contributed by atoms with Crippen LogP contribution in [0.25, 0.3) is 10.9 Å². The van der Waals surface area contributed by atoms with Crippen LogP contribution in [0.2, 0.25) is 0 Å². The number of carboxylic acid groups (broad SMARTS) is 1. The molecule has 0 radical (unpaired) electrons. The van der Waals surface area contributed by atoms with Crippen LogP contribution < -0.4 is 5.73 Å². The van der Waals surface area contributed by atoms with Gasteiger partial charge in [0.1, 0.15) is 6.04 Å². The summed E-state index contributed by atoms with van der Waals surface area (Å²) < 4.78 is 1.23. The number of hydrogen-bond donors (Lipinski definition) is 3. The Hall–Kier alpha value is -1.26. The van der Waals surface area contributed by atoms with Crippen molar-refractivity contribution in [1.82, 2.24) is 8.10 Å². The number of nitrogens with two attached hydrogens (primary N) is 1. The third-order valence-corrected chi connectivity index (χ3v) is 5.60. The molecule has 2 rings (SSSR count). The Labute approximate surface area is 158 Å². The second-order valence-corrected chi connectivity index (χ2v) is 7.48. The second kappa shape index (κ2) is 8.72. The molecular weight excluding hydrogens is 441 g/mol. The zero-order chi connectivity index (χ0) is 17.7. The van der Waals surface area contributed by atoms with Crippen molar-refractivity contribution in [3.63, 3.8) is 0 Å². The molecule has 4 N–H and O–H groups in total. The summed E-state index contributed by atoms with van der Waals surface area (Å²) in [5.74, 6) is -0.630. The Morgan fingerprint density at radius 1 is 1.42 bits per heavy atom. The third kappa shape index (κ3) is 4.42. The van der Waals surface area contributed by atoms with Gasteiger partial charge < -0.3 is 15.8 Å². The highest BCUT2D eigenvalue weighted by atomic mass is 127. The van der Waals surface area contributed by atoms with Crippen LogP contribution >= 0.6 is 34.6 Å². The Bertz CT molecular complexity index is 721. The van der Waals surface area contributed by atoms with Crippen LogP contribution in [0.4, 0.5) is 0 Å². The summed E-state index contributed by atoms with van der Waals surface area (Å²) in [6, 6.07) is 6.04. The Kier molecular flexibility index (Phi) is 6.93. The van der Waals surface area contributed by atoms with Gasteiger partial charge in [0.15, 0.2) is 0 Å². The zero-order valence-corrected chi connectivity index (χ0v) is 16.2. The molecule has 8 heteroatoms. The number of carbonyl (C=O) groups excluding carboxylic acids is 1. The Balaban J connectivity index is 2.17. The number of nitrogens with zero attached hydrogens (tertiary/aromatic N) is 1. The average molecular weight is 461 g/mol. The summed E-state index contributed by atoms with van der Waals surface area (Å²) in [4.78, 5) is 27.2. The molecule has 1 aromatic heterocycles. The molecule has 6 nitrogen and oxygen atoms in total. The van der Waals surface area contributed by atoms with E-state index >= 15 is 0 Å². The molecule has 0 spiro atoms. The van der Waals surface area contributed by atoms with Gasteiger partial charge in [-0.05, 0) is 30.1 Å². The fourth-order valence-corrected chi connectivity index (χ4v) is 3.74. The smallest absolute Gasteiger partial charge is 0.327 e. The molecule has 0 aliphatic carbocycles. The van der Waals surface area contributed by atoms with E-state index in [0.717, 1.165) is 22.2 Å². The van der Waals surface area contributed by atoms with Gasteiger partial charge in [-0.1, -0.05) is 18.2 Å². The van der Waals surface area contributed by atoms with E-state index in [4.69, 9.17) is 5.73 Å². The Morgan fingerprint density at radius 3 is 2.79 bits per heavy atom. The van der Waals surface area contributed by atoms with Gasteiger partial charge in [-0.25, -0.2) is 4.79 Å². The van der Waals surface area contributed by atoms with Gasteiger partial charge in [-0.3, -0.25) is 7.91 Å². The van der Waals surface area contributed by atoms with Crippen molar-refractivity contribution in [3.05, 3.63) is 36.0 Å². The minimum Gasteiger partial charge on any atom is -0.480 e. The standard InChI is InChI=1S/C16H20IN3O3S/c1-24-7-6-12(18)15(21)20(17)14(16(22)23)8-10-9-19-13-5-3-2-4-11(10)13/h2-5,9,12,14,19H,6-8,18H2,1H3,(H,22,23)/t12-,14-/m0/s1. The van der Waals surface area contributed by atoms with Gasteiger partial charge in [0.05, 0.1) is 28.9 Å². The lowest BCUT2D eigenvalue weighted by Crippen LogP contribution is -2.47. The van der Waals surface area contributed by atoms with Gasteiger partial charge in [0, 0.05) is 23.5 Å². The minimum absolute atomic E-state index is 0.225. The summed E-state index contributed by atoms with van der Waals surface area (Å²) >= 11 is 3.37. The maximum Gasteiger partial charge on any atom is 0.327 e. The SMILES string of the molecule is CSCC[C@H](N)C(=O)N(I)[C@@H](Cc1c[nH]c2ccccc12)C(=O)O. The third-order valence-electron chi connectivity index (χ3n) is 3.81. The maximum absolute atomic E-state index is 12.4. The van der Waals surface area contributed by atoms with E-state index in [1.165, 1.54) is 3.11 Å². The van der Waals surface area contributed by atoms with Crippen LogP contribution in [0.3, 0.4) is 0 Å². The number of carbonyl (C=O) groups is 2. The molecule has 130 valence electrons. The van der Waals surface area contributed by atoms with Crippen molar-refractivity contribution >= 4 is 57.4 Å². The summed E-state index contributed by atoms with van der Waals surface area (Å²) in [6.07, 6.45) is 4.49. The second-order valence-electron chi connectivity index (χ2n) is 5.46. The van der Waals surface area contributed by atoms with E-state index in [1.54, 1.807) is 40.8 Å². The number of rotatable bonds is 8. The highest BCUT2D eigenvalue weighted by Crippen LogP contribution is 2.22. The number of carboxylic acids is 1. The summed E-state index contributed by atoms with van der Waals surface area (Å²) in [6.45, 7) is 0. The van der Waals surface area contributed by atoms with Crippen LogP contribution in [0.1, 0.15) is 12.0 Å². The quantitative estimate of drug-likeness (QED) is 0.414. The molecule has 1 amide bonds. The number of amides is 1. The fraction of sp³-hybridized carbons (Fsp3) is 0.375. The van der Waals surface area contributed by atoms with Gasteiger partial charge in [-0.2, -0.15) is 11.8 Å². The summed E-state index contributed by atoms with van der Waals surface area (Å²) in [5.41, 5.74) is 7.71. The molecule has 2 atom stereocenters. The van der Waals surface area contributed by atoms with Crippen LogP contribution in [-0.4, -0.2) is 49.2 Å².